The van der Waals surface area contributed by atoms with Crippen LogP contribution in [-0.2, 0) is 4.79 Å². The van der Waals surface area contributed by atoms with Crippen molar-refractivity contribution in [2.24, 2.45) is 5.10 Å². The predicted molar refractivity (Wildman–Crippen MR) is 146 cm³/mol. The smallest absolute Gasteiger partial charge is 0.342 e. The number of nitrogens with zero attached hydrogens (tertiary/aromatic N) is 3. The van der Waals surface area contributed by atoms with Gasteiger partial charge < -0.3 is 14.6 Å². The summed E-state index contributed by atoms with van der Waals surface area (Å²) in [7, 11) is 3.07. The number of ether oxygens (including phenoxy) is 2. The molecule has 12 heteroatoms. The summed E-state index contributed by atoms with van der Waals surface area (Å²) in [6.07, 6.45) is 1.46. The molecule has 9 nitrogen and oxygen atoms in total. The van der Waals surface area contributed by atoms with Crippen LogP contribution < -0.4 is 19.5 Å². The summed E-state index contributed by atoms with van der Waals surface area (Å²) in [4.78, 5) is 12.5. The molecule has 0 unspecified atom stereocenters. The predicted octanol–water partition coefficient (Wildman–Crippen LogP) is 4.73. The zero-order valence-electron chi connectivity index (χ0n) is 19.7. The molecule has 0 aliphatic rings. The Bertz CT molecular complexity index is 1430. The van der Waals surface area contributed by atoms with Crippen LogP contribution in [0.25, 0.3) is 17.1 Å². The molecule has 0 bridgehead atoms. The minimum absolute atomic E-state index is 0.0120. The lowest BCUT2D eigenvalue weighted by molar-refractivity contribution is -0.625. The molecule has 1 aromatic heterocycles. The number of benzene rings is 3. The van der Waals surface area contributed by atoms with E-state index in [-0.39, 0.29) is 23.2 Å². The average Bonchev–Trinajstić information content (AvgIpc) is 3.33. The number of aromatic amines is 1. The highest BCUT2D eigenvalue weighted by Gasteiger charge is 2.24. The molecule has 0 saturated carbocycles. The topological polar surface area (TPSA) is 113 Å². The Hall–Kier alpha value is -3.54. The maximum Gasteiger partial charge on any atom is 0.342 e. The first-order valence-corrected chi connectivity index (χ1v) is 13.0. The summed E-state index contributed by atoms with van der Waals surface area (Å²) in [6, 6.07) is 18.2. The van der Waals surface area contributed by atoms with Gasteiger partial charge >= 0.3 is 5.16 Å². The van der Waals surface area contributed by atoms with Crippen LogP contribution in [-0.4, -0.2) is 47.4 Å². The van der Waals surface area contributed by atoms with Crippen molar-refractivity contribution < 1.29 is 23.9 Å². The lowest BCUT2D eigenvalue weighted by atomic mass is 10.2. The molecule has 1 amide bonds. The minimum Gasteiger partial charge on any atom is -0.503 e. The molecular formula is C25H22BrClN5O4S+. The number of carbonyl (C=O) groups excluding carboxylic acids is 1. The molecule has 37 heavy (non-hydrogen) atoms. The molecule has 0 saturated heterocycles. The maximum atomic E-state index is 12.5. The lowest BCUT2D eigenvalue weighted by Gasteiger charge is -2.06. The molecule has 4 aromatic rings. The Morgan fingerprint density at radius 3 is 2.59 bits per heavy atom. The SMILES string of the molecule is COc1ccc(-c2[nH]nc(SCC(=O)N/N=C/c3cc(Br)c(O)c(OC)c3)[n+]2-c2ccc(Cl)cc2)cc1. The van der Waals surface area contributed by atoms with Gasteiger partial charge in [-0.15, -0.1) is 5.10 Å². The van der Waals surface area contributed by atoms with Crippen LogP contribution in [0, 0.1) is 0 Å². The number of thioether (sulfide) groups is 1. The van der Waals surface area contributed by atoms with Crippen LogP contribution in [0.15, 0.2) is 75.4 Å². The van der Waals surface area contributed by atoms with Gasteiger partial charge in [0, 0.05) is 5.02 Å². The number of carbonyl (C=O) groups is 1. The van der Waals surface area contributed by atoms with Crippen molar-refractivity contribution in [3.8, 4) is 34.3 Å². The number of hydrogen-bond acceptors (Lipinski definition) is 7. The van der Waals surface area contributed by atoms with Gasteiger partial charge in [-0.25, -0.2) is 5.43 Å². The minimum atomic E-state index is -0.317. The average molecular weight is 604 g/mol. The van der Waals surface area contributed by atoms with E-state index in [1.807, 2.05) is 41.0 Å². The van der Waals surface area contributed by atoms with Crippen molar-refractivity contribution in [2.75, 3.05) is 20.0 Å². The summed E-state index contributed by atoms with van der Waals surface area (Å²) < 4.78 is 12.8. The van der Waals surface area contributed by atoms with E-state index in [0.29, 0.717) is 20.2 Å². The van der Waals surface area contributed by atoms with E-state index < -0.39 is 0 Å². The van der Waals surface area contributed by atoms with E-state index in [1.165, 1.54) is 25.1 Å². The Kier molecular flexibility index (Phi) is 8.70. The Morgan fingerprint density at radius 2 is 1.92 bits per heavy atom. The molecule has 3 N–H and O–H groups in total. The van der Waals surface area contributed by atoms with Gasteiger partial charge in [0.2, 0.25) is 0 Å². The second kappa shape index (κ2) is 12.1. The summed E-state index contributed by atoms with van der Waals surface area (Å²) in [5.74, 6) is 1.50. The quantitative estimate of drug-likeness (QED) is 0.110. The van der Waals surface area contributed by atoms with Crippen molar-refractivity contribution >= 4 is 51.4 Å². The zero-order valence-corrected chi connectivity index (χ0v) is 22.9. The Morgan fingerprint density at radius 1 is 1.19 bits per heavy atom. The van der Waals surface area contributed by atoms with Crippen LogP contribution in [0.1, 0.15) is 5.56 Å². The second-order valence-electron chi connectivity index (χ2n) is 7.53. The highest BCUT2D eigenvalue weighted by atomic mass is 79.9. The third-order valence-electron chi connectivity index (χ3n) is 5.13. The van der Waals surface area contributed by atoms with Crippen LogP contribution in [0.4, 0.5) is 0 Å². The van der Waals surface area contributed by atoms with Crippen LogP contribution in [0.3, 0.4) is 0 Å². The normalized spacial score (nSPS) is 11.0. The van der Waals surface area contributed by atoms with E-state index in [4.69, 9.17) is 21.1 Å². The molecule has 0 radical (unpaired) electrons. The molecule has 0 fully saturated rings. The summed E-state index contributed by atoms with van der Waals surface area (Å²) in [5, 5.41) is 22.6. The first kappa shape index (κ1) is 26.5. The van der Waals surface area contributed by atoms with Crippen molar-refractivity contribution in [2.45, 2.75) is 5.16 Å². The van der Waals surface area contributed by atoms with Gasteiger partial charge in [0.05, 0.1) is 41.3 Å². The molecule has 190 valence electrons. The van der Waals surface area contributed by atoms with E-state index in [0.717, 1.165) is 22.8 Å². The number of rotatable bonds is 9. The third kappa shape index (κ3) is 6.43. The highest BCUT2D eigenvalue weighted by molar-refractivity contribution is 9.10. The summed E-state index contributed by atoms with van der Waals surface area (Å²) in [6.45, 7) is 0. The third-order valence-corrected chi connectivity index (χ3v) is 6.92. The van der Waals surface area contributed by atoms with Gasteiger partial charge in [0.15, 0.2) is 11.5 Å². The fourth-order valence-corrected chi connectivity index (χ4v) is 4.68. The Labute approximate surface area is 230 Å². The van der Waals surface area contributed by atoms with E-state index in [2.05, 4.69) is 36.7 Å². The van der Waals surface area contributed by atoms with Gasteiger partial charge in [0.1, 0.15) is 11.4 Å². The van der Waals surface area contributed by atoms with Gasteiger partial charge in [-0.3, -0.25) is 4.79 Å². The molecule has 3 aromatic carbocycles. The number of H-pyrrole nitrogens is 1. The molecule has 0 aliphatic heterocycles. The molecule has 4 rings (SSSR count). The number of hydrogen-bond donors (Lipinski definition) is 3. The highest BCUT2D eigenvalue weighted by Crippen LogP contribution is 2.34. The van der Waals surface area contributed by atoms with Gasteiger partial charge in [-0.2, -0.15) is 9.67 Å². The van der Waals surface area contributed by atoms with Gasteiger partial charge in [-0.05, 0) is 93.9 Å². The number of aromatic nitrogens is 3. The number of aromatic hydroxyl groups is 1. The summed E-state index contributed by atoms with van der Waals surface area (Å²) >= 11 is 10.6. The largest absolute Gasteiger partial charge is 0.503 e. The van der Waals surface area contributed by atoms with Crippen LogP contribution >= 0.6 is 39.3 Å². The number of hydrazone groups is 1. The second-order valence-corrected chi connectivity index (χ2v) is 9.76. The van der Waals surface area contributed by atoms with E-state index in [1.54, 1.807) is 31.4 Å². The molecule has 0 atom stereocenters. The number of methoxy groups -OCH3 is 2. The fourth-order valence-electron chi connectivity index (χ4n) is 3.33. The number of phenols is 1. The monoisotopic (exact) mass is 602 g/mol. The van der Waals surface area contributed by atoms with Gasteiger partial charge in [-0.1, -0.05) is 11.6 Å². The first-order valence-electron chi connectivity index (χ1n) is 10.8. The van der Waals surface area contributed by atoms with Crippen molar-refractivity contribution in [1.82, 2.24) is 15.6 Å². The van der Waals surface area contributed by atoms with Crippen LogP contribution in [0.5, 0.6) is 17.2 Å². The lowest BCUT2D eigenvalue weighted by Crippen LogP contribution is -2.34. The van der Waals surface area contributed by atoms with Crippen LogP contribution in [0.2, 0.25) is 5.02 Å². The molecule has 0 aliphatic carbocycles. The van der Waals surface area contributed by atoms with E-state index in [9.17, 15) is 9.90 Å². The van der Waals surface area contributed by atoms with E-state index >= 15 is 0 Å². The molecule has 1 heterocycles. The van der Waals surface area contributed by atoms with Crippen molar-refractivity contribution in [1.29, 1.82) is 0 Å². The standard InChI is InChI=1S/C25H21BrClN5O4S/c1-35-19-9-3-16(4-10-19)24-30-31-25(32(24)18-7-5-17(27)6-8-18)37-14-22(33)29-28-13-15-11-20(26)23(34)21(12-15)36-2/h3-13H,14H2,1-2H3,(H2,28,29,33,34)/p+1. The maximum absolute atomic E-state index is 12.5. The Balaban J connectivity index is 1.50. The molecule has 0 spiro atoms. The van der Waals surface area contributed by atoms with Crippen molar-refractivity contribution in [3.05, 3.63) is 75.7 Å². The van der Waals surface area contributed by atoms with Gasteiger partial charge in [0.25, 0.3) is 11.7 Å². The number of phenolic OH excluding ortho intramolecular Hbond substituents is 1. The first-order chi connectivity index (χ1) is 17.9. The fraction of sp³-hybridized carbons (Fsp3) is 0.120. The molecular weight excluding hydrogens is 582 g/mol. The van der Waals surface area contributed by atoms with Crippen molar-refractivity contribution in [3.63, 3.8) is 0 Å². The number of halogens is 2. The zero-order chi connectivity index (χ0) is 26.4. The number of amides is 1. The summed E-state index contributed by atoms with van der Waals surface area (Å²) in [5.41, 5.74) is 4.85. The number of nitrogens with one attached hydrogen (secondary N) is 2.